The van der Waals surface area contributed by atoms with Crippen LogP contribution in [0.4, 0.5) is 5.69 Å². The summed E-state index contributed by atoms with van der Waals surface area (Å²) >= 11 is 2.36. The average molecular weight is 462 g/mol. The molecule has 2 aromatic carbocycles. The van der Waals surface area contributed by atoms with Crippen molar-refractivity contribution in [3.8, 4) is 0 Å². The number of hydrogen-bond donors (Lipinski definition) is 1. The van der Waals surface area contributed by atoms with Crippen LogP contribution in [0.2, 0.25) is 0 Å². The van der Waals surface area contributed by atoms with E-state index in [2.05, 4.69) is 82.6 Å². The second kappa shape index (κ2) is 7.49. The highest BCUT2D eigenvalue weighted by Gasteiger charge is 2.33. The summed E-state index contributed by atoms with van der Waals surface area (Å²) < 4.78 is 1.26. The number of hydrogen-bond acceptors (Lipinski definition) is 3. The van der Waals surface area contributed by atoms with Crippen LogP contribution in [0.15, 0.2) is 36.4 Å². The maximum atomic E-state index is 10.8. The van der Waals surface area contributed by atoms with Gasteiger partial charge in [0.2, 0.25) is 0 Å². The molecule has 2 aliphatic rings. The van der Waals surface area contributed by atoms with Gasteiger partial charge >= 0.3 is 0 Å². The van der Waals surface area contributed by atoms with Crippen molar-refractivity contribution in [2.45, 2.75) is 38.8 Å². The molecule has 1 aliphatic heterocycles. The van der Waals surface area contributed by atoms with E-state index in [-0.39, 0.29) is 12.1 Å². The largest absolute Gasteiger partial charge is 0.391 e. The maximum absolute atomic E-state index is 10.8. The molecule has 2 unspecified atom stereocenters. The number of aryl methyl sites for hydroxylation is 2. The Kier molecular flexibility index (Phi) is 5.26. The molecule has 0 aromatic heterocycles. The lowest BCUT2D eigenvalue weighted by atomic mass is 9.85. The van der Waals surface area contributed by atoms with E-state index in [4.69, 9.17) is 0 Å². The zero-order valence-electron chi connectivity index (χ0n) is 15.6. The maximum Gasteiger partial charge on any atom is 0.0739 e. The third kappa shape index (κ3) is 3.64. The minimum atomic E-state index is -0.257. The van der Waals surface area contributed by atoms with Crippen molar-refractivity contribution in [2.24, 2.45) is 0 Å². The van der Waals surface area contributed by atoms with Crippen LogP contribution in [0.5, 0.6) is 0 Å². The molecule has 0 radical (unpaired) electrons. The zero-order chi connectivity index (χ0) is 18.3. The van der Waals surface area contributed by atoms with Gasteiger partial charge in [0, 0.05) is 47.9 Å². The summed E-state index contributed by atoms with van der Waals surface area (Å²) in [5, 5.41) is 10.8. The van der Waals surface area contributed by atoms with Crippen LogP contribution >= 0.6 is 22.6 Å². The van der Waals surface area contributed by atoms with Gasteiger partial charge in [-0.3, -0.25) is 4.90 Å². The Morgan fingerprint density at radius 2 is 1.69 bits per heavy atom. The van der Waals surface area contributed by atoms with E-state index in [1.807, 2.05) is 0 Å². The van der Waals surface area contributed by atoms with Gasteiger partial charge in [0.05, 0.1) is 6.10 Å². The number of fused-ring (bicyclic) bond motifs is 1. The van der Waals surface area contributed by atoms with E-state index >= 15 is 0 Å². The fourth-order valence-corrected chi connectivity index (χ4v) is 4.99. The molecule has 1 saturated heterocycles. The molecule has 2 atom stereocenters. The van der Waals surface area contributed by atoms with Crippen LogP contribution in [0.25, 0.3) is 0 Å². The topological polar surface area (TPSA) is 26.7 Å². The smallest absolute Gasteiger partial charge is 0.0739 e. The molecule has 1 aliphatic carbocycles. The van der Waals surface area contributed by atoms with Crippen molar-refractivity contribution in [3.05, 3.63) is 62.2 Å². The van der Waals surface area contributed by atoms with Gasteiger partial charge in [-0.2, -0.15) is 0 Å². The molecule has 0 spiro atoms. The highest BCUT2D eigenvalue weighted by Crippen LogP contribution is 2.29. The van der Waals surface area contributed by atoms with Crippen molar-refractivity contribution in [2.75, 3.05) is 31.1 Å². The normalized spacial score (nSPS) is 23.8. The van der Waals surface area contributed by atoms with Crippen LogP contribution in [0.3, 0.4) is 0 Å². The molecule has 4 heteroatoms. The molecule has 1 N–H and O–H groups in total. The Hall–Kier alpha value is -1.11. The number of benzene rings is 2. The molecule has 1 heterocycles. The van der Waals surface area contributed by atoms with Crippen molar-refractivity contribution in [3.63, 3.8) is 0 Å². The Balaban J connectivity index is 1.45. The first-order valence-electron chi connectivity index (χ1n) is 9.53. The van der Waals surface area contributed by atoms with E-state index < -0.39 is 0 Å². The van der Waals surface area contributed by atoms with Gasteiger partial charge < -0.3 is 10.0 Å². The number of aliphatic hydroxyl groups is 1. The summed E-state index contributed by atoms with van der Waals surface area (Å²) in [5.74, 6) is 0. The highest BCUT2D eigenvalue weighted by atomic mass is 127. The van der Waals surface area contributed by atoms with E-state index in [0.717, 1.165) is 39.0 Å². The standard InChI is InChI=1S/C22H27IN2O/c1-15-3-4-16(2)20(11-15)24-7-9-25(10-8-24)21-13-17-5-6-19(23)12-18(17)14-22(21)26/h3-6,11-12,21-22,26H,7-10,13-14H2,1-2H3. The van der Waals surface area contributed by atoms with Crippen molar-refractivity contribution in [1.29, 1.82) is 0 Å². The van der Waals surface area contributed by atoms with Gasteiger partial charge in [0.1, 0.15) is 0 Å². The number of halogens is 1. The van der Waals surface area contributed by atoms with Crippen LogP contribution < -0.4 is 4.90 Å². The second-order valence-electron chi connectivity index (χ2n) is 7.77. The summed E-state index contributed by atoms with van der Waals surface area (Å²) in [6.45, 7) is 8.48. The zero-order valence-corrected chi connectivity index (χ0v) is 17.7. The molecule has 0 amide bonds. The summed E-state index contributed by atoms with van der Waals surface area (Å²) in [6.07, 6.45) is 1.50. The molecule has 2 aromatic rings. The van der Waals surface area contributed by atoms with E-state index in [9.17, 15) is 5.11 Å². The van der Waals surface area contributed by atoms with Gasteiger partial charge in [-0.15, -0.1) is 0 Å². The van der Waals surface area contributed by atoms with Gasteiger partial charge in [0.25, 0.3) is 0 Å². The van der Waals surface area contributed by atoms with Crippen molar-refractivity contribution in [1.82, 2.24) is 4.90 Å². The number of anilines is 1. The van der Waals surface area contributed by atoms with Gasteiger partial charge in [-0.05, 0) is 83.3 Å². The predicted molar refractivity (Wildman–Crippen MR) is 116 cm³/mol. The molecule has 138 valence electrons. The first-order valence-corrected chi connectivity index (χ1v) is 10.6. The number of piperazine rings is 1. The average Bonchev–Trinajstić information content (AvgIpc) is 2.63. The van der Waals surface area contributed by atoms with Gasteiger partial charge in [0.15, 0.2) is 0 Å². The second-order valence-corrected chi connectivity index (χ2v) is 9.01. The minimum absolute atomic E-state index is 0.253. The Bertz CT molecular complexity index is 799. The van der Waals surface area contributed by atoms with Crippen LogP contribution in [-0.2, 0) is 12.8 Å². The summed E-state index contributed by atoms with van der Waals surface area (Å²) in [4.78, 5) is 5.01. The first-order chi connectivity index (χ1) is 12.5. The van der Waals surface area contributed by atoms with E-state index in [1.165, 1.54) is 31.5 Å². The Labute approximate surface area is 170 Å². The lowest BCUT2D eigenvalue weighted by Crippen LogP contribution is -2.56. The lowest BCUT2D eigenvalue weighted by Gasteiger charge is -2.44. The lowest BCUT2D eigenvalue weighted by molar-refractivity contribution is 0.0395. The molecule has 0 saturated carbocycles. The third-order valence-electron chi connectivity index (χ3n) is 5.96. The molecule has 1 fully saturated rings. The fraction of sp³-hybridized carbons (Fsp3) is 0.455. The Morgan fingerprint density at radius 3 is 2.46 bits per heavy atom. The number of nitrogens with zero attached hydrogens (tertiary/aromatic N) is 2. The number of rotatable bonds is 2. The fourth-order valence-electron chi connectivity index (χ4n) is 4.43. The van der Waals surface area contributed by atoms with E-state index in [0.29, 0.717) is 0 Å². The molecule has 26 heavy (non-hydrogen) atoms. The van der Waals surface area contributed by atoms with Gasteiger partial charge in [-0.1, -0.05) is 18.2 Å². The predicted octanol–water partition coefficient (Wildman–Crippen LogP) is 3.56. The van der Waals surface area contributed by atoms with Crippen molar-refractivity contribution < 1.29 is 5.11 Å². The molecule has 3 nitrogen and oxygen atoms in total. The number of aliphatic hydroxyl groups excluding tert-OH is 1. The van der Waals surface area contributed by atoms with Gasteiger partial charge in [-0.25, -0.2) is 0 Å². The highest BCUT2D eigenvalue weighted by molar-refractivity contribution is 14.1. The van der Waals surface area contributed by atoms with E-state index in [1.54, 1.807) is 0 Å². The third-order valence-corrected chi connectivity index (χ3v) is 6.63. The quantitative estimate of drug-likeness (QED) is 0.692. The van der Waals surface area contributed by atoms with Crippen molar-refractivity contribution >= 4 is 28.3 Å². The molecular formula is C22H27IN2O. The molecule has 4 rings (SSSR count). The molecule has 0 bridgehead atoms. The SMILES string of the molecule is Cc1ccc(C)c(N2CCN(C3Cc4ccc(I)cc4CC3O)CC2)c1. The van der Waals surface area contributed by atoms with Crippen LogP contribution in [0, 0.1) is 17.4 Å². The summed E-state index contributed by atoms with van der Waals surface area (Å²) in [7, 11) is 0. The van der Waals surface area contributed by atoms with Crippen LogP contribution in [-0.4, -0.2) is 48.3 Å². The Morgan fingerprint density at radius 1 is 0.923 bits per heavy atom. The summed E-state index contributed by atoms with van der Waals surface area (Å²) in [5.41, 5.74) is 6.79. The molecular weight excluding hydrogens is 435 g/mol. The first kappa shape index (κ1) is 18.3. The minimum Gasteiger partial charge on any atom is -0.391 e. The monoisotopic (exact) mass is 462 g/mol. The summed E-state index contributed by atoms with van der Waals surface area (Å²) in [6, 6.07) is 13.6. The van der Waals surface area contributed by atoms with Crippen LogP contribution in [0.1, 0.15) is 22.3 Å².